The lowest BCUT2D eigenvalue weighted by Crippen LogP contribution is -1.99. The van der Waals surface area contributed by atoms with Gasteiger partial charge in [0.15, 0.2) is 0 Å². The second-order valence-electron chi connectivity index (χ2n) is 5.64. The maximum Gasteiger partial charge on any atom is 0.238 e. The van der Waals surface area contributed by atoms with E-state index in [0.29, 0.717) is 5.88 Å². The molecule has 25 heavy (non-hydrogen) atoms. The van der Waals surface area contributed by atoms with Crippen LogP contribution in [0.4, 0.5) is 0 Å². The van der Waals surface area contributed by atoms with Crippen molar-refractivity contribution >= 4 is 0 Å². The molecule has 0 amide bonds. The fourth-order valence-corrected chi connectivity index (χ4v) is 2.70. The Labute approximate surface area is 145 Å². The van der Waals surface area contributed by atoms with E-state index in [9.17, 15) is 0 Å². The molecule has 0 N–H and O–H groups in total. The van der Waals surface area contributed by atoms with Crippen molar-refractivity contribution in [3.05, 3.63) is 73.1 Å². The van der Waals surface area contributed by atoms with Crippen LogP contribution in [0.3, 0.4) is 0 Å². The Balaban J connectivity index is 1.69. The summed E-state index contributed by atoms with van der Waals surface area (Å²) in [5.74, 6) is 0.561. The van der Waals surface area contributed by atoms with Crippen LogP contribution in [0.1, 0.15) is 5.69 Å². The minimum absolute atomic E-state index is 0.561. The maximum atomic E-state index is 5.48. The third kappa shape index (κ3) is 2.89. The molecule has 0 saturated heterocycles. The SMILES string of the molecule is COc1nc(-c2ccc(-n3cccn3)cc2)ccc1-n1cnc(C)c1. The van der Waals surface area contributed by atoms with Crippen LogP contribution in [-0.2, 0) is 0 Å². The number of methoxy groups -OCH3 is 1. The van der Waals surface area contributed by atoms with Crippen molar-refractivity contribution in [2.75, 3.05) is 7.11 Å². The number of nitrogens with zero attached hydrogens (tertiary/aromatic N) is 5. The summed E-state index contributed by atoms with van der Waals surface area (Å²) in [6, 6.07) is 14.0. The number of rotatable bonds is 4. The predicted molar refractivity (Wildman–Crippen MR) is 95.2 cm³/mol. The molecular formula is C19H17N5O. The Morgan fingerprint density at radius 2 is 1.88 bits per heavy atom. The number of aryl methyl sites for hydroxylation is 1. The van der Waals surface area contributed by atoms with Gasteiger partial charge in [-0.25, -0.2) is 14.6 Å². The van der Waals surface area contributed by atoms with Gasteiger partial charge in [-0.05, 0) is 37.3 Å². The summed E-state index contributed by atoms with van der Waals surface area (Å²) >= 11 is 0. The van der Waals surface area contributed by atoms with E-state index >= 15 is 0 Å². The number of hydrogen-bond donors (Lipinski definition) is 0. The van der Waals surface area contributed by atoms with Crippen LogP contribution in [0.2, 0.25) is 0 Å². The van der Waals surface area contributed by atoms with Gasteiger partial charge < -0.3 is 9.30 Å². The number of imidazole rings is 1. The molecule has 0 atom stereocenters. The van der Waals surface area contributed by atoms with Gasteiger partial charge in [0.05, 0.1) is 30.5 Å². The number of hydrogen-bond acceptors (Lipinski definition) is 4. The molecule has 0 aliphatic heterocycles. The highest BCUT2D eigenvalue weighted by Crippen LogP contribution is 2.26. The second kappa shape index (κ2) is 6.24. The fraction of sp³-hybridized carbons (Fsp3) is 0.105. The third-order valence-electron chi connectivity index (χ3n) is 3.96. The van der Waals surface area contributed by atoms with Crippen molar-refractivity contribution < 1.29 is 4.74 Å². The standard InChI is InChI=1S/C19H17N5O/c1-14-12-23(13-20-14)18-9-8-17(22-19(18)25-2)15-4-6-16(7-5-15)24-11-3-10-21-24/h3-13H,1-2H3. The minimum atomic E-state index is 0.561. The zero-order chi connectivity index (χ0) is 17.2. The summed E-state index contributed by atoms with van der Waals surface area (Å²) < 4.78 is 9.21. The van der Waals surface area contributed by atoms with Crippen LogP contribution in [0.5, 0.6) is 5.88 Å². The van der Waals surface area contributed by atoms with Gasteiger partial charge in [-0.15, -0.1) is 0 Å². The van der Waals surface area contributed by atoms with E-state index in [1.165, 1.54) is 0 Å². The van der Waals surface area contributed by atoms with E-state index in [1.807, 2.05) is 71.0 Å². The van der Waals surface area contributed by atoms with Crippen LogP contribution in [0.25, 0.3) is 22.6 Å². The largest absolute Gasteiger partial charge is 0.479 e. The molecule has 4 aromatic rings. The molecule has 0 bridgehead atoms. The normalized spacial score (nSPS) is 10.8. The van der Waals surface area contributed by atoms with Crippen LogP contribution >= 0.6 is 0 Å². The molecule has 3 heterocycles. The number of aromatic nitrogens is 5. The summed E-state index contributed by atoms with van der Waals surface area (Å²) in [7, 11) is 1.63. The van der Waals surface area contributed by atoms with E-state index < -0.39 is 0 Å². The highest BCUT2D eigenvalue weighted by atomic mass is 16.5. The molecule has 0 aliphatic rings. The lowest BCUT2D eigenvalue weighted by Gasteiger charge is -2.10. The van der Waals surface area contributed by atoms with Gasteiger partial charge in [0.1, 0.15) is 5.69 Å². The number of pyridine rings is 1. The quantitative estimate of drug-likeness (QED) is 0.575. The molecule has 0 unspecified atom stereocenters. The summed E-state index contributed by atoms with van der Waals surface area (Å²) in [6.07, 6.45) is 7.38. The Morgan fingerprint density at radius 3 is 2.52 bits per heavy atom. The van der Waals surface area contributed by atoms with Gasteiger partial charge in [-0.1, -0.05) is 12.1 Å². The van der Waals surface area contributed by atoms with Gasteiger partial charge in [0.25, 0.3) is 0 Å². The first kappa shape index (κ1) is 15.1. The van der Waals surface area contributed by atoms with Crippen molar-refractivity contribution in [1.29, 1.82) is 0 Å². The molecule has 3 aromatic heterocycles. The molecule has 0 radical (unpaired) electrons. The molecule has 4 rings (SSSR count). The fourth-order valence-electron chi connectivity index (χ4n) is 2.70. The first-order valence-electron chi connectivity index (χ1n) is 7.91. The van der Waals surface area contributed by atoms with E-state index in [2.05, 4.69) is 15.1 Å². The molecule has 1 aromatic carbocycles. The van der Waals surface area contributed by atoms with Crippen molar-refractivity contribution in [1.82, 2.24) is 24.3 Å². The van der Waals surface area contributed by atoms with Gasteiger partial charge in [0.2, 0.25) is 5.88 Å². The monoisotopic (exact) mass is 331 g/mol. The van der Waals surface area contributed by atoms with Crippen LogP contribution in [0, 0.1) is 6.92 Å². The van der Waals surface area contributed by atoms with E-state index in [4.69, 9.17) is 4.74 Å². The molecular weight excluding hydrogens is 314 g/mol. The molecule has 0 aliphatic carbocycles. The number of benzene rings is 1. The summed E-state index contributed by atoms with van der Waals surface area (Å²) in [5.41, 5.74) is 4.68. The Hall–Kier alpha value is -3.41. The van der Waals surface area contributed by atoms with Crippen molar-refractivity contribution in [2.45, 2.75) is 6.92 Å². The van der Waals surface area contributed by atoms with Crippen molar-refractivity contribution in [3.8, 4) is 28.5 Å². The molecule has 0 fully saturated rings. The molecule has 6 heteroatoms. The summed E-state index contributed by atoms with van der Waals surface area (Å²) in [4.78, 5) is 8.90. The minimum Gasteiger partial charge on any atom is -0.479 e. The lowest BCUT2D eigenvalue weighted by molar-refractivity contribution is 0.396. The molecule has 6 nitrogen and oxygen atoms in total. The highest BCUT2D eigenvalue weighted by Gasteiger charge is 2.10. The zero-order valence-electron chi connectivity index (χ0n) is 14.0. The average molecular weight is 331 g/mol. The third-order valence-corrected chi connectivity index (χ3v) is 3.96. The van der Waals surface area contributed by atoms with E-state index in [1.54, 1.807) is 19.6 Å². The lowest BCUT2D eigenvalue weighted by atomic mass is 10.1. The first-order chi connectivity index (χ1) is 12.2. The Kier molecular flexibility index (Phi) is 3.78. The van der Waals surface area contributed by atoms with Gasteiger partial charge in [0, 0.05) is 24.2 Å². The topological polar surface area (TPSA) is 57.8 Å². The summed E-state index contributed by atoms with van der Waals surface area (Å²) in [5, 5.41) is 4.24. The zero-order valence-corrected chi connectivity index (χ0v) is 14.0. The van der Waals surface area contributed by atoms with E-state index in [0.717, 1.165) is 28.3 Å². The maximum absolute atomic E-state index is 5.48. The van der Waals surface area contributed by atoms with Gasteiger partial charge in [-0.2, -0.15) is 5.10 Å². The molecule has 124 valence electrons. The van der Waals surface area contributed by atoms with E-state index in [-0.39, 0.29) is 0 Å². The smallest absolute Gasteiger partial charge is 0.238 e. The molecule has 0 spiro atoms. The predicted octanol–water partition coefficient (Wildman–Crippen LogP) is 3.44. The van der Waals surface area contributed by atoms with Gasteiger partial charge in [-0.3, -0.25) is 0 Å². The molecule has 0 saturated carbocycles. The average Bonchev–Trinajstić information content (AvgIpc) is 3.33. The highest BCUT2D eigenvalue weighted by molar-refractivity contribution is 5.63. The van der Waals surface area contributed by atoms with Crippen molar-refractivity contribution in [2.24, 2.45) is 0 Å². The summed E-state index contributed by atoms with van der Waals surface area (Å²) in [6.45, 7) is 1.95. The van der Waals surface area contributed by atoms with Crippen LogP contribution < -0.4 is 4.74 Å². The van der Waals surface area contributed by atoms with Crippen molar-refractivity contribution in [3.63, 3.8) is 0 Å². The van der Waals surface area contributed by atoms with Crippen LogP contribution in [0.15, 0.2) is 67.4 Å². The number of ether oxygens (including phenoxy) is 1. The van der Waals surface area contributed by atoms with Gasteiger partial charge >= 0.3 is 0 Å². The second-order valence-corrected chi connectivity index (χ2v) is 5.64. The van der Waals surface area contributed by atoms with Crippen LogP contribution in [-0.4, -0.2) is 31.4 Å². The Morgan fingerprint density at radius 1 is 1.04 bits per heavy atom. The first-order valence-corrected chi connectivity index (χ1v) is 7.91. The Bertz CT molecular complexity index is 987.